The molecule has 0 bridgehead atoms. The summed E-state index contributed by atoms with van der Waals surface area (Å²) in [4.78, 5) is 25.3. The van der Waals surface area contributed by atoms with Crippen LogP contribution in [0.15, 0.2) is 59.4 Å². The van der Waals surface area contributed by atoms with E-state index in [1.165, 1.54) is 0 Å². The van der Waals surface area contributed by atoms with Crippen molar-refractivity contribution >= 4 is 5.78 Å². The monoisotopic (exact) mass is 301 g/mol. The number of aryl methyl sites for hydroxylation is 1. The van der Waals surface area contributed by atoms with Crippen molar-refractivity contribution in [2.75, 3.05) is 0 Å². The van der Waals surface area contributed by atoms with E-state index in [2.05, 4.69) is 0 Å². The first-order valence-electron chi connectivity index (χ1n) is 7.53. The molecule has 1 aliphatic rings. The predicted molar refractivity (Wildman–Crippen MR) is 90.7 cm³/mol. The van der Waals surface area contributed by atoms with Gasteiger partial charge in [-0.25, -0.2) is 0 Å². The first kappa shape index (κ1) is 13.7. The van der Waals surface area contributed by atoms with Crippen LogP contribution < -0.4 is 5.56 Å². The highest BCUT2D eigenvalue weighted by atomic mass is 16.1. The smallest absolute Gasteiger partial charge is 0.251 e. The van der Waals surface area contributed by atoms with E-state index >= 15 is 0 Å². The molecule has 0 N–H and O–H groups in total. The number of aromatic nitrogens is 1. The Balaban J connectivity index is 2.10. The molecule has 0 fully saturated rings. The summed E-state index contributed by atoms with van der Waals surface area (Å²) >= 11 is 0. The Hall–Kier alpha value is -2.94. The molecule has 4 rings (SSSR count). The molecule has 0 atom stereocenters. The van der Waals surface area contributed by atoms with E-state index in [-0.39, 0.29) is 11.3 Å². The van der Waals surface area contributed by atoms with E-state index in [0.717, 1.165) is 16.7 Å². The fourth-order valence-corrected chi connectivity index (χ4v) is 3.23. The highest BCUT2D eigenvalue weighted by Gasteiger charge is 2.31. The van der Waals surface area contributed by atoms with Crippen LogP contribution in [0.1, 0.15) is 21.5 Å². The number of ketones is 1. The topological polar surface area (TPSA) is 39.1 Å². The second-order valence-corrected chi connectivity index (χ2v) is 5.92. The number of pyridine rings is 1. The molecule has 0 saturated heterocycles. The van der Waals surface area contributed by atoms with Crippen molar-refractivity contribution in [3.05, 3.63) is 81.6 Å². The number of rotatable bonds is 1. The lowest BCUT2D eigenvalue weighted by Gasteiger charge is -2.12. The number of carbonyl (C=O) groups is 1. The zero-order valence-corrected chi connectivity index (χ0v) is 13.0. The van der Waals surface area contributed by atoms with Crippen LogP contribution in [0.4, 0.5) is 0 Å². The van der Waals surface area contributed by atoms with Crippen molar-refractivity contribution in [3.63, 3.8) is 0 Å². The van der Waals surface area contributed by atoms with Gasteiger partial charge in [0.15, 0.2) is 5.78 Å². The third kappa shape index (κ3) is 1.90. The molecule has 2 aromatic carbocycles. The largest absolute Gasteiger partial charge is 0.311 e. The van der Waals surface area contributed by atoms with Gasteiger partial charge in [-0.15, -0.1) is 0 Å². The summed E-state index contributed by atoms with van der Waals surface area (Å²) in [6.45, 7) is 2.01. The molecule has 0 saturated carbocycles. The number of carbonyl (C=O) groups excluding carboxylic acids is 1. The summed E-state index contributed by atoms with van der Waals surface area (Å²) in [5, 5.41) is 0. The third-order valence-corrected chi connectivity index (χ3v) is 4.46. The summed E-state index contributed by atoms with van der Waals surface area (Å²) < 4.78 is 1.57. The number of hydrogen-bond donors (Lipinski definition) is 0. The lowest BCUT2D eigenvalue weighted by molar-refractivity contribution is 0.104. The van der Waals surface area contributed by atoms with Crippen LogP contribution in [0.5, 0.6) is 0 Å². The molecule has 0 spiro atoms. The minimum Gasteiger partial charge on any atom is -0.311 e. The maximum absolute atomic E-state index is 12.9. The molecule has 3 heteroatoms. The summed E-state index contributed by atoms with van der Waals surface area (Å²) in [7, 11) is 1.72. The summed E-state index contributed by atoms with van der Waals surface area (Å²) in [5.74, 6) is -0.0122. The first-order valence-corrected chi connectivity index (χ1v) is 7.53. The summed E-state index contributed by atoms with van der Waals surface area (Å²) in [5.41, 5.74) is 5.48. The summed E-state index contributed by atoms with van der Waals surface area (Å²) in [6.07, 6.45) is 0. The molecule has 23 heavy (non-hydrogen) atoms. The van der Waals surface area contributed by atoms with Crippen LogP contribution in [0.3, 0.4) is 0 Å². The van der Waals surface area contributed by atoms with Crippen molar-refractivity contribution in [3.8, 4) is 22.4 Å². The third-order valence-electron chi connectivity index (χ3n) is 4.46. The molecule has 3 aromatic rings. The number of fused-ring (bicyclic) bond motifs is 3. The highest BCUT2D eigenvalue weighted by Crippen LogP contribution is 2.40. The van der Waals surface area contributed by atoms with Gasteiger partial charge in [0.2, 0.25) is 0 Å². The van der Waals surface area contributed by atoms with E-state index in [4.69, 9.17) is 0 Å². The van der Waals surface area contributed by atoms with Crippen LogP contribution in [-0.4, -0.2) is 10.4 Å². The Kier molecular flexibility index (Phi) is 2.85. The average molecular weight is 301 g/mol. The quantitative estimate of drug-likeness (QED) is 0.539. The van der Waals surface area contributed by atoms with Gasteiger partial charge in [0.05, 0.1) is 11.3 Å². The van der Waals surface area contributed by atoms with Crippen LogP contribution in [0, 0.1) is 6.92 Å². The molecule has 0 amide bonds. The minimum absolute atomic E-state index is 0.0122. The molecule has 112 valence electrons. The van der Waals surface area contributed by atoms with Crippen molar-refractivity contribution in [2.45, 2.75) is 6.92 Å². The number of hydrogen-bond acceptors (Lipinski definition) is 2. The average Bonchev–Trinajstić information content (AvgIpc) is 2.86. The maximum Gasteiger partial charge on any atom is 0.251 e. The van der Waals surface area contributed by atoms with E-state index in [1.807, 2.05) is 55.5 Å². The van der Waals surface area contributed by atoms with E-state index in [0.29, 0.717) is 22.4 Å². The molecule has 0 aliphatic heterocycles. The minimum atomic E-state index is -0.108. The van der Waals surface area contributed by atoms with Crippen LogP contribution in [-0.2, 0) is 7.05 Å². The number of benzene rings is 2. The zero-order valence-electron chi connectivity index (χ0n) is 13.0. The molecule has 3 nitrogen and oxygen atoms in total. The van der Waals surface area contributed by atoms with E-state index in [1.54, 1.807) is 17.7 Å². The van der Waals surface area contributed by atoms with Crippen molar-refractivity contribution in [1.29, 1.82) is 0 Å². The first-order chi connectivity index (χ1) is 11.1. The van der Waals surface area contributed by atoms with E-state index in [9.17, 15) is 9.59 Å². The Bertz CT molecular complexity index is 1010. The molecule has 0 radical (unpaired) electrons. The molecule has 1 aliphatic carbocycles. The Labute approximate surface area is 133 Å². The lowest BCUT2D eigenvalue weighted by atomic mass is 9.97. The molecule has 0 unspecified atom stereocenters. The number of nitrogens with zero attached hydrogens (tertiary/aromatic N) is 1. The predicted octanol–water partition coefficient (Wildman–Crippen LogP) is 3.57. The fourth-order valence-electron chi connectivity index (χ4n) is 3.23. The maximum atomic E-state index is 12.9. The molecular weight excluding hydrogens is 286 g/mol. The van der Waals surface area contributed by atoms with Crippen molar-refractivity contribution < 1.29 is 4.79 Å². The van der Waals surface area contributed by atoms with Gasteiger partial charge in [0, 0.05) is 29.8 Å². The summed E-state index contributed by atoms with van der Waals surface area (Å²) in [6, 6.07) is 16.9. The Morgan fingerprint density at radius 2 is 1.48 bits per heavy atom. The van der Waals surface area contributed by atoms with Crippen molar-refractivity contribution in [2.24, 2.45) is 7.05 Å². The van der Waals surface area contributed by atoms with Gasteiger partial charge < -0.3 is 4.57 Å². The zero-order chi connectivity index (χ0) is 16.1. The van der Waals surface area contributed by atoms with Crippen molar-refractivity contribution in [1.82, 2.24) is 4.57 Å². The van der Waals surface area contributed by atoms with Gasteiger partial charge in [0.1, 0.15) is 0 Å². The molecular formula is C20H15NO2. The van der Waals surface area contributed by atoms with E-state index < -0.39 is 0 Å². The fraction of sp³-hybridized carbons (Fsp3) is 0.100. The molecule has 1 heterocycles. The van der Waals surface area contributed by atoms with Crippen LogP contribution >= 0.6 is 0 Å². The lowest BCUT2D eigenvalue weighted by Crippen LogP contribution is -2.19. The van der Waals surface area contributed by atoms with Gasteiger partial charge in [-0.3, -0.25) is 9.59 Å². The van der Waals surface area contributed by atoms with Crippen LogP contribution in [0.2, 0.25) is 0 Å². The normalized spacial score (nSPS) is 12.2. The highest BCUT2D eigenvalue weighted by molar-refractivity contribution is 6.24. The SMILES string of the molecule is Cc1ccc(-c2cc(=O)n(C)c3c2C(=O)c2ccccc2-3)cc1. The Morgan fingerprint density at radius 3 is 2.17 bits per heavy atom. The van der Waals surface area contributed by atoms with Gasteiger partial charge in [-0.1, -0.05) is 54.1 Å². The molecule has 1 aromatic heterocycles. The van der Waals surface area contributed by atoms with Gasteiger partial charge in [-0.05, 0) is 12.5 Å². The standard InChI is InChI=1S/C20H15NO2/c1-12-7-9-13(10-8-12)16-11-17(22)21(2)19-14-5-3-4-6-15(14)20(23)18(16)19/h3-11H,1-2H3. The Morgan fingerprint density at radius 1 is 0.826 bits per heavy atom. The van der Waals surface area contributed by atoms with Crippen LogP contribution in [0.25, 0.3) is 22.4 Å². The van der Waals surface area contributed by atoms with Gasteiger partial charge in [-0.2, -0.15) is 0 Å². The second kappa shape index (κ2) is 4.78. The van der Waals surface area contributed by atoms with Gasteiger partial charge in [0.25, 0.3) is 5.56 Å². The second-order valence-electron chi connectivity index (χ2n) is 5.92. The van der Waals surface area contributed by atoms with Gasteiger partial charge >= 0.3 is 0 Å².